The van der Waals surface area contributed by atoms with E-state index < -0.39 is 0 Å². The van der Waals surface area contributed by atoms with E-state index in [9.17, 15) is 0 Å². The van der Waals surface area contributed by atoms with Gasteiger partial charge in [-0.15, -0.1) is 0 Å². The Hall–Kier alpha value is -1.35. The Balaban J connectivity index is 1.86. The number of hydrogen-bond acceptors (Lipinski definition) is 1. The fourth-order valence-electron chi connectivity index (χ4n) is 2.89. The number of aromatic amines is 1. The highest BCUT2D eigenvalue weighted by atomic mass is 32.1. The van der Waals surface area contributed by atoms with Gasteiger partial charge in [-0.05, 0) is 68.9 Å². The van der Waals surface area contributed by atoms with Crippen LogP contribution < -0.4 is 0 Å². The van der Waals surface area contributed by atoms with Crippen LogP contribution in [0.1, 0.15) is 37.7 Å². The molecule has 0 amide bonds. The lowest BCUT2D eigenvalue weighted by Crippen LogP contribution is -2.01. The van der Waals surface area contributed by atoms with E-state index in [0.717, 1.165) is 23.3 Å². The highest BCUT2D eigenvalue weighted by molar-refractivity contribution is 7.71. The van der Waals surface area contributed by atoms with Gasteiger partial charge < -0.3 is 9.55 Å². The highest BCUT2D eigenvalue weighted by Crippen LogP contribution is 2.22. The molecule has 3 heteroatoms. The van der Waals surface area contributed by atoms with Crippen molar-refractivity contribution in [3.05, 3.63) is 40.2 Å². The fourth-order valence-corrected chi connectivity index (χ4v) is 3.19. The standard InChI is InChI=1S/C16H20N2S/c1-12-7-8-15-14(11-12)17-16(19)18(15)10-9-13-5-3-2-4-6-13/h5,7-8,11H,2-4,6,9-10H2,1H3,(H,17,19). The van der Waals surface area contributed by atoms with Crippen LogP contribution in [-0.2, 0) is 6.54 Å². The largest absolute Gasteiger partial charge is 0.331 e. The van der Waals surface area contributed by atoms with Crippen molar-refractivity contribution in [3.63, 3.8) is 0 Å². The number of allylic oxidation sites excluding steroid dienone is 2. The first-order chi connectivity index (χ1) is 9.24. The van der Waals surface area contributed by atoms with Gasteiger partial charge in [0.05, 0.1) is 11.0 Å². The SMILES string of the molecule is Cc1ccc2c(c1)[nH]c(=S)n2CCC1=CCCCC1. The first-order valence-corrected chi connectivity index (χ1v) is 7.52. The summed E-state index contributed by atoms with van der Waals surface area (Å²) in [6.45, 7) is 3.11. The molecule has 2 nitrogen and oxygen atoms in total. The molecule has 100 valence electrons. The third-order valence-electron chi connectivity index (χ3n) is 3.97. The van der Waals surface area contributed by atoms with Crippen molar-refractivity contribution in [1.82, 2.24) is 9.55 Å². The van der Waals surface area contributed by atoms with Crippen LogP contribution >= 0.6 is 12.2 Å². The summed E-state index contributed by atoms with van der Waals surface area (Å²) in [6, 6.07) is 6.50. The molecule has 0 fully saturated rings. The summed E-state index contributed by atoms with van der Waals surface area (Å²) in [7, 11) is 0. The molecule has 0 aliphatic heterocycles. The molecule has 1 aliphatic carbocycles. The molecule has 1 heterocycles. The third kappa shape index (κ3) is 2.66. The summed E-state index contributed by atoms with van der Waals surface area (Å²) < 4.78 is 3.08. The summed E-state index contributed by atoms with van der Waals surface area (Å²) in [5, 5.41) is 0. The topological polar surface area (TPSA) is 20.7 Å². The van der Waals surface area contributed by atoms with Crippen LogP contribution in [0.25, 0.3) is 11.0 Å². The van der Waals surface area contributed by atoms with Crippen LogP contribution in [0, 0.1) is 11.7 Å². The smallest absolute Gasteiger partial charge is 0.178 e. The minimum Gasteiger partial charge on any atom is -0.331 e. The highest BCUT2D eigenvalue weighted by Gasteiger charge is 2.07. The molecule has 1 aromatic carbocycles. The van der Waals surface area contributed by atoms with Crippen LogP contribution in [0.15, 0.2) is 29.8 Å². The molecule has 0 radical (unpaired) electrons. The molecule has 19 heavy (non-hydrogen) atoms. The second-order valence-corrected chi connectivity index (χ2v) is 5.85. The summed E-state index contributed by atoms with van der Waals surface area (Å²) in [5.41, 5.74) is 5.26. The number of H-pyrrole nitrogens is 1. The number of aryl methyl sites for hydroxylation is 2. The van der Waals surface area contributed by atoms with E-state index in [4.69, 9.17) is 12.2 Å². The van der Waals surface area contributed by atoms with Crippen LogP contribution in [0.4, 0.5) is 0 Å². The van der Waals surface area contributed by atoms with Gasteiger partial charge >= 0.3 is 0 Å². The lowest BCUT2D eigenvalue weighted by molar-refractivity contribution is 0.630. The zero-order chi connectivity index (χ0) is 13.2. The second-order valence-electron chi connectivity index (χ2n) is 5.46. The summed E-state index contributed by atoms with van der Waals surface area (Å²) in [6.07, 6.45) is 8.80. The summed E-state index contributed by atoms with van der Waals surface area (Å²) in [5.74, 6) is 0. The van der Waals surface area contributed by atoms with Crippen molar-refractivity contribution in [2.45, 2.75) is 45.6 Å². The fraction of sp³-hybridized carbons (Fsp3) is 0.438. The van der Waals surface area contributed by atoms with E-state index in [-0.39, 0.29) is 0 Å². The van der Waals surface area contributed by atoms with Crippen molar-refractivity contribution in [2.24, 2.45) is 0 Å². The number of hydrogen-bond donors (Lipinski definition) is 1. The second kappa shape index (κ2) is 5.33. The predicted molar refractivity (Wildman–Crippen MR) is 83.0 cm³/mol. The van der Waals surface area contributed by atoms with E-state index in [1.165, 1.54) is 36.8 Å². The Bertz CT molecular complexity index is 676. The van der Waals surface area contributed by atoms with E-state index in [0.29, 0.717) is 0 Å². The zero-order valence-electron chi connectivity index (χ0n) is 11.4. The molecular weight excluding hydrogens is 252 g/mol. The van der Waals surface area contributed by atoms with Crippen molar-refractivity contribution in [3.8, 4) is 0 Å². The lowest BCUT2D eigenvalue weighted by atomic mass is 9.97. The summed E-state index contributed by atoms with van der Waals surface area (Å²) in [4.78, 5) is 3.31. The molecule has 1 N–H and O–H groups in total. The van der Waals surface area contributed by atoms with Gasteiger partial charge in [0, 0.05) is 6.54 Å². The number of benzene rings is 1. The number of aromatic nitrogens is 2. The van der Waals surface area contributed by atoms with E-state index in [1.54, 1.807) is 5.57 Å². The summed E-state index contributed by atoms with van der Waals surface area (Å²) >= 11 is 5.45. The van der Waals surface area contributed by atoms with Gasteiger partial charge in [0.15, 0.2) is 4.77 Å². The van der Waals surface area contributed by atoms with Gasteiger partial charge in [-0.25, -0.2) is 0 Å². The molecule has 3 rings (SSSR count). The number of fused-ring (bicyclic) bond motifs is 1. The Morgan fingerprint density at radius 2 is 2.21 bits per heavy atom. The normalized spacial score (nSPS) is 15.7. The molecule has 0 atom stereocenters. The van der Waals surface area contributed by atoms with Crippen LogP contribution in [0.5, 0.6) is 0 Å². The van der Waals surface area contributed by atoms with Crippen LogP contribution in [0.3, 0.4) is 0 Å². The lowest BCUT2D eigenvalue weighted by Gasteiger charge is -2.13. The molecule has 0 saturated heterocycles. The van der Waals surface area contributed by atoms with Crippen molar-refractivity contribution >= 4 is 23.3 Å². The predicted octanol–water partition coefficient (Wildman–Crippen LogP) is 4.90. The molecule has 1 aromatic heterocycles. The maximum atomic E-state index is 5.45. The number of nitrogens with one attached hydrogen (secondary N) is 1. The van der Waals surface area contributed by atoms with Gasteiger partial charge in [-0.3, -0.25) is 0 Å². The number of rotatable bonds is 3. The van der Waals surface area contributed by atoms with E-state index >= 15 is 0 Å². The Morgan fingerprint density at radius 3 is 3.00 bits per heavy atom. The maximum Gasteiger partial charge on any atom is 0.178 e. The van der Waals surface area contributed by atoms with Gasteiger partial charge in [0.1, 0.15) is 0 Å². The zero-order valence-corrected chi connectivity index (χ0v) is 12.2. The molecule has 1 aliphatic rings. The van der Waals surface area contributed by atoms with Crippen molar-refractivity contribution in [1.29, 1.82) is 0 Å². The quantitative estimate of drug-likeness (QED) is 0.622. The Labute approximate surface area is 119 Å². The van der Waals surface area contributed by atoms with Crippen LogP contribution in [-0.4, -0.2) is 9.55 Å². The van der Waals surface area contributed by atoms with Crippen LogP contribution in [0.2, 0.25) is 0 Å². The monoisotopic (exact) mass is 272 g/mol. The molecule has 0 saturated carbocycles. The van der Waals surface area contributed by atoms with Crippen molar-refractivity contribution < 1.29 is 0 Å². The molecule has 0 bridgehead atoms. The molecular formula is C16H20N2S. The van der Waals surface area contributed by atoms with Gasteiger partial charge in [-0.2, -0.15) is 0 Å². The molecule has 0 unspecified atom stereocenters. The minimum absolute atomic E-state index is 0.844. The Morgan fingerprint density at radius 1 is 1.32 bits per heavy atom. The van der Waals surface area contributed by atoms with Gasteiger partial charge in [0.2, 0.25) is 0 Å². The Kier molecular flexibility index (Phi) is 3.56. The maximum absolute atomic E-state index is 5.45. The van der Waals surface area contributed by atoms with E-state index in [1.807, 2.05) is 0 Å². The first kappa shape index (κ1) is 12.7. The van der Waals surface area contributed by atoms with Gasteiger partial charge in [-0.1, -0.05) is 17.7 Å². The minimum atomic E-state index is 0.844. The average molecular weight is 272 g/mol. The van der Waals surface area contributed by atoms with E-state index in [2.05, 4.69) is 40.7 Å². The number of nitrogens with zero attached hydrogens (tertiary/aromatic N) is 1. The average Bonchev–Trinajstić information content (AvgIpc) is 2.72. The van der Waals surface area contributed by atoms with Crippen molar-refractivity contribution in [2.75, 3.05) is 0 Å². The molecule has 2 aromatic rings. The van der Waals surface area contributed by atoms with Gasteiger partial charge in [0.25, 0.3) is 0 Å². The first-order valence-electron chi connectivity index (χ1n) is 7.11. The number of imidazole rings is 1. The third-order valence-corrected chi connectivity index (χ3v) is 4.29. The molecule has 0 spiro atoms.